The molecule has 3 rings (SSSR count). The maximum absolute atomic E-state index is 13.0. The fraction of sp³-hybridized carbons (Fsp3) is 0.211. The minimum Gasteiger partial charge on any atom is -0.344 e. The number of hydrogen-bond donors (Lipinski definition) is 1. The Bertz CT molecular complexity index is 1160. The van der Waals surface area contributed by atoms with Crippen LogP contribution in [0, 0.1) is 0 Å². The van der Waals surface area contributed by atoms with Crippen LogP contribution in [0.2, 0.25) is 5.02 Å². The molecule has 0 aliphatic carbocycles. The van der Waals surface area contributed by atoms with Crippen molar-refractivity contribution in [1.29, 1.82) is 0 Å². The predicted octanol–water partition coefficient (Wildman–Crippen LogP) is 5.22. The number of rotatable bonds is 6. The Balaban J connectivity index is 1.84. The number of nitrogens with zero attached hydrogens (tertiary/aromatic N) is 5. The molecule has 0 aliphatic rings. The highest BCUT2D eigenvalue weighted by molar-refractivity contribution is 6.55. The lowest BCUT2D eigenvalue weighted by Crippen LogP contribution is -2.28. The number of aromatic nitrogens is 5. The van der Waals surface area contributed by atoms with Crippen molar-refractivity contribution in [3.05, 3.63) is 69.3 Å². The highest BCUT2D eigenvalue weighted by Gasteiger charge is 2.32. The van der Waals surface area contributed by atoms with Gasteiger partial charge < -0.3 is 5.32 Å². The zero-order valence-corrected chi connectivity index (χ0v) is 18.5. The summed E-state index contributed by atoms with van der Waals surface area (Å²) in [5, 5.41) is 6.66. The molecule has 1 amide bonds. The monoisotopic (exact) mass is 504 g/mol. The van der Waals surface area contributed by atoms with Gasteiger partial charge in [-0.05, 0) is 31.2 Å². The summed E-state index contributed by atoms with van der Waals surface area (Å²) in [5.41, 5.74) is -0.650. The molecule has 2 heterocycles. The summed E-state index contributed by atoms with van der Waals surface area (Å²) in [4.78, 5) is 25.2. The first kappa shape index (κ1) is 24.0. The van der Waals surface area contributed by atoms with Crippen LogP contribution in [0.4, 0.5) is 13.2 Å². The van der Waals surface area contributed by atoms with E-state index in [1.807, 2.05) is 0 Å². The normalized spacial score (nSPS) is 12.3. The first-order valence-electron chi connectivity index (χ1n) is 8.95. The number of benzene rings is 1. The molecule has 0 saturated carbocycles. The van der Waals surface area contributed by atoms with Gasteiger partial charge in [0.15, 0.2) is 0 Å². The second-order valence-corrected chi connectivity index (χ2v) is 7.94. The number of amides is 1. The fourth-order valence-electron chi connectivity index (χ4n) is 2.72. The van der Waals surface area contributed by atoms with Crippen LogP contribution in [0.25, 0.3) is 11.5 Å². The maximum atomic E-state index is 13.0. The van der Waals surface area contributed by atoms with E-state index in [1.165, 1.54) is 29.5 Å². The number of carbonyl (C=O) groups excluding carboxylic acids is 1. The average molecular weight is 506 g/mol. The summed E-state index contributed by atoms with van der Waals surface area (Å²) in [5.74, 6) is -0.530. The summed E-state index contributed by atoms with van der Waals surface area (Å²) in [6.45, 7) is 1.88. The molecule has 13 heteroatoms. The number of carbonyl (C=O) groups is 1. The van der Waals surface area contributed by atoms with Gasteiger partial charge in [-0.2, -0.15) is 13.2 Å². The van der Waals surface area contributed by atoms with E-state index in [4.69, 9.17) is 34.8 Å². The molecule has 0 radical (unpaired) electrons. The summed E-state index contributed by atoms with van der Waals surface area (Å²) in [6.07, 6.45) is 1.15. The molecule has 3 aromatic rings. The molecule has 1 N–H and O–H groups in total. The molecule has 0 bridgehead atoms. The van der Waals surface area contributed by atoms with Crippen molar-refractivity contribution in [3.8, 4) is 11.5 Å². The molecule has 0 saturated heterocycles. The third-order valence-corrected chi connectivity index (χ3v) is 4.68. The molecule has 1 atom stereocenters. The lowest BCUT2D eigenvalue weighted by Gasteiger charge is -2.16. The smallest absolute Gasteiger partial charge is 0.344 e. The maximum Gasteiger partial charge on any atom is 0.416 e. The van der Waals surface area contributed by atoms with E-state index in [1.54, 1.807) is 6.92 Å². The van der Waals surface area contributed by atoms with E-state index in [-0.39, 0.29) is 27.4 Å². The minimum atomic E-state index is -4.64. The third-order valence-electron chi connectivity index (χ3n) is 4.15. The van der Waals surface area contributed by atoms with Crippen LogP contribution in [-0.2, 0) is 12.7 Å². The van der Waals surface area contributed by atoms with Crippen LogP contribution >= 0.6 is 34.8 Å². The topological polar surface area (TPSA) is 85.6 Å². The Morgan fingerprint density at radius 3 is 2.59 bits per heavy atom. The van der Waals surface area contributed by atoms with E-state index < -0.39 is 23.7 Å². The zero-order valence-electron chi connectivity index (χ0n) is 16.2. The molecule has 2 aromatic heterocycles. The van der Waals surface area contributed by atoms with Crippen molar-refractivity contribution in [1.82, 2.24) is 30.0 Å². The first-order chi connectivity index (χ1) is 15.0. The molecule has 168 valence electrons. The Morgan fingerprint density at radius 2 is 1.91 bits per heavy atom. The SMILES string of the molecule is CC(NC(=O)c1cc(Cl)cc(C(F)(F)F)c1)c1nccnc1-c1ncn(CC=C(Cl)Cl)n1. The van der Waals surface area contributed by atoms with Crippen LogP contribution in [0.3, 0.4) is 0 Å². The summed E-state index contributed by atoms with van der Waals surface area (Å²) in [7, 11) is 0. The Labute approximate surface area is 195 Å². The van der Waals surface area contributed by atoms with Crippen LogP contribution in [0.1, 0.15) is 34.6 Å². The van der Waals surface area contributed by atoms with Gasteiger partial charge in [-0.1, -0.05) is 34.8 Å². The average Bonchev–Trinajstić information content (AvgIpc) is 3.20. The van der Waals surface area contributed by atoms with E-state index in [0.29, 0.717) is 11.4 Å². The quantitative estimate of drug-likeness (QED) is 0.497. The fourth-order valence-corrected chi connectivity index (χ4v) is 3.10. The molecule has 0 fully saturated rings. The van der Waals surface area contributed by atoms with Crippen LogP contribution in [0.5, 0.6) is 0 Å². The second-order valence-electron chi connectivity index (χ2n) is 6.50. The molecule has 1 aromatic carbocycles. The molecule has 7 nitrogen and oxygen atoms in total. The summed E-state index contributed by atoms with van der Waals surface area (Å²) in [6, 6.07) is 1.89. The molecule has 0 aliphatic heterocycles. The van der Waals surface area contributed by atoms with Gasteiger partial charge in [0, 0.05) is 23.0 Å². The zero-order chi connectivity index (χ0) is 23.5. The van der Waals surface area contributed by atoms with Crippen molar-refractivity contribution in [3.63, 3.8) is 0 Å². The second kappa shape index (κ2) is 9.85. The van der Waals surface area contributed by atoms with E-state index in [0.717, 1.165) is 18.2 Å². The highest BCUT2D eigenvalue weighted by atomic mass is 35.5. The summed E-state index contributed by atoms with van der Waals surface area (Å²) >= 11 is 17.0. The molecular formula is C19H14Cl3F3N6O. The van der Waals surface area contributed by atoms with Gasteiger partial charge in [-0.25, -0.2) is 14.6 Å². The van der Waals surface area contributed by atoms with Crippen LogP contribution < -0.4 is 5.32 Å². The molecule has 32 heavy (non-hydrogen) atoms. The third kappa shape index (κ3) is 5.96. The van der Waals surface area contributed by atoms with Crippen molar-refractivity contribution in [2.24, 2.45) is 0 Å². The number of alkyl halides is 3. The van der Waals surface area contributed by atoms with Crippen LogP contribution in [-0.4, -0.2) is 30.6 Å². The molecule has 0 spiro atoms. The van der Waals surface area contributed by atoms with Gasteiger partial charge in [-0.3, -0.25) is 9.78 Å². The van der Waals surface area contributed by atoms with Crippen molar-refractivity contribution >= 4 is 40.7 Å². The number of halogens is 6. The van der Waals surface area contributed by atoms with E-state index in [2.05, 4.69) is 25.4 Å². The Morgan fingerprint density at radius 1 is 1.19 bits per heavy atom. The predicted molar refractivity (Wildman–Crippen MR) is 113 cm³/mol. The number of allylic oxidation sites excluding steroid dienone is 1. The van der Waals surface area contributed by atoms with Gasteiger partial charge in [0.25, 0.3) is 5.91 Å². The standard InChI is InChI=1S/C19H14Cl3F3N6O/c1-10(29-18(32)11-6-12(19(23,24)25)8-13(20)7-11)15-16(27-4-3-26-15)17-28-9-31(30-17)5-2-14(21)22/h2-4,6-10H,5H2,1H3,(H,29,32). The van der Waals surface area contributed by atoms with Crippen molar-refractivity contribution in [2.75, 3.05) is 0 Å². The van der Waals surface area contributed by atoms with Gasteiger partial charge >= 0.3 is 6.18 Å². The van der Waals surface area contributed by atoms with Crippen molar-refractivity contribution in [2.45, 2.75) is 25.7 Å². The van der Waals surface area contributed by atoms with Gasteiger partial charge in [-0.15, -0.1) is 5.10 Å². The van der Waals surface area contributed by atoms with Gasteiger partial charge in [0.1, 0.15) is 16.5 Å². The lowest BCUT2D eigenvalue weighted by atomic mass is 10.1. The number of nitrogens with one attached hydrogen (secondary N) is 1. The van der Waals surface area contributed by atoms with E-state index >= 15 is 0 Å². The number of hydrogen-bond acceptors (Lipinski definition) is 5. The Kier molecular flexibility index (Phi) is 7.37. The largest absolute Gasteiger partial charge is 0.416 e. The lowest BCUT2D eigenvalue weighted by molar-refractivity contribution is -0.137. The molecule has 1 unspecified atom stereocenters. The minimum absolute atomic E-state index is 0.0771. The van der Waals surface area contributed by atoms with E-state index in [9.17, 15) is 18.0 Å². The molecular weight excluding hydrogens is 492 g/mol. The first-order valence-corrected chi connectivity index (χ1v) is 10.1. The van der Waals surface area contributed by atoms with Gasteiger partial charge in [0.2, 0.25) is 5.82 Å². The van der Waals surface area contributed by atoms with Gasteiger partial charge in [0.05, 0.1) is 23.8 Å². The summed E-state index contributed by atoms with van der Waals surface area (Å²) < 4.78 is 40.7. The van der Waals surface area contributed by atoms with Crippen LogP contribution in [0.15, 0.2) is 47.5 Å². The van der Waals surface area contributed by atoms with Crippen molar-refractivity contribution < 1.29 is 18.0 Å². The highest BCUT2D eigenvalue weighted by Crippen LogP contribution is 2.32. The Hall–Kier alpha value is -2.69.